The minimum absolute atomic E-state index is 0.284. The molecule has 2 aromatic rings. The third-order valence-electron chi connectivity index (χ3n) is 4.06. The Morgan fingerprint density at radius 1 is 1.30 bits per heavy atom. The first-order valence-corrected chi connectivity index (χ1v) is 7.63. The predicted molar refractivity (Wildman–Crippen MR) is 86.4 cm³/mol. The Kier molecular flexibility index (Phi) is 3.99. The summed E-state index contributed by atoms with van der Waals surface area (Å²) >= 11 is 5.30. The van der Waals surface area contributed by atoms with Crippen LogP contribution in [0.25, 0.3) is 0 Å². The Morgan fingerprint density at radius 3 is 2.57 bits per heavy atom. The molecule has 0 spiro atoms. The second-order valence-corrected chi connectivity index (χ2v) is 6.06. The minimum Gasteiger partial charge on any atom is -0.762 e. The van der Waals surface area contributed by atoms with Gasteiger partial charge >= 0.3 is 0 Å². The topological polar surface area (TPSA) is 72.8 Å². The van der Waals surface area contributed by atoms with Crippen LogP contribution in [0, 0.1) is 11.3 Å². The highest BCUT2D eigenvalue weighted by Crippen LogP contribution is 2.41. The number of nitrogens with one attached hydrogen (secondary N) is 1. The van der Waals surface area contributed by atoms with E-state index in [0.717, 1.165) is 5.56 Å². The number of aromatic nitrogens is 2. The predicted octanol–water partition coefficient (Wildman–Crippen LogP) is 1.29. The number of allylic oxidation sites excluding steroid dienone is 1. The molecule has 23 heavy (non-hydrogen) atoms. The van der Waals surface area contributed by atoms with Crippen molar-refractivity contribution < 1.29 is 9.67 Å². The maximum Gasteiger partial charge on any atom is 0.216 e. The molecule has 0 aliphatic carbocycles. The van der Waals surface area contributed by atoms with Crippen LogP contribution >= 0.6 is 0 Å². The molecule has 0 bridgehead atoms. The number of rotatable bonds is 2. The Hall–Kier alpha value is -2.49. The number of hydrogen-bond acceptors (Lipinski definition) is 5. The summed E-state index contributed by atoms with van der Waals surface area (Å²) in [6.07, 6.45) is 7.10. The van der Waals surface area contributed by atoms with Crippen molar-refractivity contribution in [3.05, 3.63) is 71.3 Å². The third-order valence-corrected chi connectivity index (χ3v) is 4.38. The zero-order valence-electron chi connectivity index (χ0n) is 12.5. The van der Waals surface area contributed by atoms with Gasteiger partial charge in [0.25, 0.3) is 0 Å². The van der Waals surface area contributed by atoms with Crippen LogP contribution in [0.3, 0.4) is 0 Å². The van der Waals surface area contributed by atoms with Crippen LogP contribution in [0.2, 0.25) is 0 Å². The minimum atomic E-state index is -1.29. The molecular formula is C17H16N4OS. The van der Waals surface area contributed by atoms with Crippen LogP contribution < -0.4 is 9.88 Å². The molecule has 116 valence electrons. The van der Waals surface area contributed by atoms with E-state index in [0.29, 0.717) is 5.57 Å². The fourth-order valence-electron chi connectivity index (χ4n) is 3.09. The lowest BCUT2D eigenvalue weighted by Gasteiger charge is -2.43. The molecular weight excluding hydrogens is 308 g/mol. The largest absolute Gasteiger partial charge is 0.762 e. The van der Waals surface area contributed by atoms with Crippen LogP contribution in [-0.2, 0) is 12.6 Å². The van der Waals surface area contributed by atoms with Gasteiger partial charge < -0.3 is 23.1 Å². The first kappa shape index (κ1) is 15.4. The number of nitriles is 1. The molecule has 1 aliphatic rings. The maximum atomic E-state index is 10.9. The van der Waals surface area contributed by atoms with E-state index in [1.165, 1.54) is 0 Å². The lowest BCUT2D eigenvalue weighted by Crippen LogP contribution is -2.63. The van der Waals surface area contributed by atoms with E-state index in [-0.39, 0.29) is 10.9 Å². The summed E-state index contributed by atoms with van der Waals surface area (Å²) in [6.45, 7) is 1.67. The van der Waals surface area contributed by atoms with Gasteiger partial charge in [0, 0.05) is 30.1 Å². The van der Waals surface area contributed by atoms with Gasteiger partial charge in [0.15, 0.2) is 18.1 Å². The monoisotopic (exact) mass is 324 g/mol. The molecule has 0 saturated carbocycles. The van der Waals surface area contributed by atoms with Gasteiger partial charge in [0.1, 0.15) is 0 Å². The van der Waals surface area contributed by atoms with Crippen molar-refractivity contribution in [3.63, 3.8) is 0 Å². The molecule has 5 nitrogen and oxygen atoms in total. The smallest absolute Gasteiger partial charge is 0.216 e. The van der Waals surface area contributed by atoms with Gasteiger partial charge in [-0.2, -0.15) is 9.83 Å². The second-order valence-electron chi connectivity index (χ2n) is 5.65. The van der Waals surface area contributed by atoms with Gasteiger partial charge in [-0.05, 0) is 24.6 Å². The fraction of sp³-hybridized carbons (Fsp3) is 0.235. The van der Waals surface area contributed by atoms with E-state index < -0.39 is 11.8 Å². The van der Waals surface area contributed by atoms with E-state index in [9.17, 15) is 10.4 Å². The Bertz CT molecular complexity index is 768. The molecule has 0 saturated heterocycles. The van der Waals surface area contributed by atoms with E-state index in [2.05, 4.69) is 16.4 Å². The third kappa shape index (κ3) is 2.77. The van der Waals surface area contributed by atoms with Crippen LogP contribution in [0.15, 0.2) is 65.7 Å². The Labute approximate surface area is 140 Å². The molecule has 0 unspecified atom stereocenters. The summed E-state index contributed by atoms with van der Waals surface area (Å²) < 4.78 is 1.90. The van der Waals surface area contributed by atoms with Crippen molar-refractivity contribution in [1.29, 1.82) is 5.26 Å². The van der Waals surface area contributed by atoms with Gasteiger partial charge in [-0.1, -0.05) is 11.1 Å². The van der Waals surface area contributed by atoms with Gasteiger partial charge in [0.2, 0.25) is 6.04 Å². The number of aliphatic hydroxyl groups is 1. The first-order chi connectivity index (χ1) is 11.0. The SMILES string of the molecule is C[C@]1(O)NC([S-])=C(C#N)[C@H](c2ccncc2)[C@H]1[n+]1ccccc1. The average molecular weight is 324 g/mol. The first-order valence-electron chi connectivity index (χ1n) is 7.22. The Balaban J connectivity index is 2.23. The molecule has 0 amide bonds. The van der Waals surface area contributed by atoms with Crippen molar-refractivity contribution in [3.8, 4) is 6.07 Å². The summed E-state index contributed by atoms with van der Waals surface area (Å²) in [5, 5.41) is 23.7. The molecule has 0 fully saturated rings. The van der Waals surface area contributed by atoms with Crippen molar-refractivity contribution in [1.82, 2.24) is 10.3 Å². The number of hydrogen-bond donors (Lipinski definition) is 2. The summed E-state index contributed by atoms with van der Waals surface area (Å²) in [4.78, 5) is 4.03. The van der Waals surface area contributed by atoms with Crippen LogP contribution in [0.1, 0.15) is 24.4 Å². The zero-order valence-corrected chi connectivity index (χ0v) is 13.4. The highest BCUT2D eigenvalue weighted by molar-refractivity contribution is 7.63. The lowest BCUT2D eigenvalue weighted by atomic mass is 9.78. The van der Waals surface area contributed by atoms with Gasteiger partial charge in [0.05, 0.1) is 12.0 Å². The Morgan fingerprint density at radius 2 is 1.96 bits per heavy atom. The quantitative estimate of drug-likeness (QED) is 0.643. The second kappa shape index (κ2) is 5.95. The molecule has 0 aromatic carbocycles. The van der Waals surface area contributed by atoms with E-state index in [1.807, 2.05) is 47.3 Å². The lowest BCUT2D eigenvalue weighted by molar-refractivity contribution is -0.741. The van der Waals surface area contributed by atoms with Crippen molar-refractivity contribution in [2.45, 2.75) is 24.6 Å². The molecule has 3 heterocycles. The van der Waals surface area contributed by atoms with Gasteiger partial charge in [-0.25, -0.2) is 0 Å². The molecule has 0 radical (unpaired) electrons. The van der Waals surface area contributed by atoms with Crippen molar-refractivity contribution >= 4 is 12.6 Å². The number of pyridine rings is 2. The molecule has 2 aromatic heterocycles. The van der Waals surface area contributed by atoms with Crippen molar-refractivity contribution in [2.24, 2.45) is 0 Å². The normalized spacial score (nSPS) is 27.2. The summed E-state index contributed by atoms with van der Waals surface area (Å²) in [5.74, 6) is -0.362. The molecule has 6 heteroatoms. The molecule has 3 rings (SSSR count). The molecule has 2 N–H and O–H groups in total. The molecule has 1 aliphatic heterocycles. The van der Waals surface area contributed by atoms with E-state index in [1.54, 1.807) is 19.3 Å². The number of nitrogens with zero attached hydrogens (tertiary/aromatic N) is 3. The zero-order chi connectivity index (χ0) is 16.4. The highest BCUT2D eigenvalue weighted by Gasteiger charge is 2.50. The van der Waals surface area contributed by atoms with Crippen LogP contribution in [0.5, 0.6) is 0 Å². The highest BCUT2D eigenvalue weighted by atomic mass is 32.1. The standard InChI is InChI=1S/C17H16N4OS/c1-17(22)15(21-9-3-2-4-10-21)14(12-5-7-19-8-6-12)13(11-18)16(23)20-17/h2-10,14-15,20,22H,1H3/t14-,15+,17+/m0/s1. The summed E-state index contributed by atoms with van der Waals surface area (Å²) in [6, 6.07) is 11.2. The summed E-state index contributed by atoms with van der Waals surface area (Å²) in [7, 11) is 0. The van der Waals surface area contributed by atoms with Crippen LogP contribution in [-0.4, -0.2) is 15.8 Å². The maximum absolute atomic E-state index is 10.9. The van der Waals surface area contributed by atoms with Gasteiger partial charge in [-0.3, -0.25) is 4.98 Å². The van der Waals surface area contributed by atoms with Crippen molar-refractivity contribution in [2.75, 3.05) is 0 Å². The summed E-state index contributed by atoms with van der Waals surface area (Å²) in [5.41, 5.74) is 0.0401. The van der Waals surface area contributed by atoms with Crippen LogP contribution in [0.4, 0.5) is 0 Å². The van der Waals surface area contributed by atoms with Gasteiger partial charge in [-0.15, -0.1) is 0 Å². The average Bonchev–Trinajstić information content (AvgIpc) is 2.55. The van der Waals surface area contributed by atoms with E-state index in [4.69, 9.17) is 12.6 Å². The van der Waals surface area contributed by atoms with E-state index >= 15 is 0 Å². The fourth-order valence-corrected chi connectivity index (χ4v) is 3.47. The molecule has 3 atom stereocenters.